The summed E-state index contributed by atoms with van der Waals surface area (Å²) in [6, 6.07) is 14.6. The SMILES string of the molecule is COc1ccc(C)cc1NC(=O)Nc1ccc2nc(Nc3ncnc4cc(OCC5CCN(C)CC5)c(OC)cc34)sc2c1. The molecular formula is C32H35N7O4S. The summed E-state index contributed by atoms with van der Waals surface area (Å²) in [5, 5.41) is 10.5. The van der Waals surface area contributed by atoms with Crippen LogP contribution in [0.5, 0.6) is 17.2 Å². The average molecular weight is 614 g/mol. The highest BCUT2D eigenvalue weighted by Crippen LogP contribution is 2.37. The normalized spacial score (nSPS) is 14.0. The van der Waals surface area contributed by atoms with Gasteiger partial charge in [0.2, 0.25) is 0 Å². The topological polar surface area (TPSA) is 123 Å². The standard InChI is InChI=1S/C32H35N7O4S/c1-19-5-8-26(41-3)25(13-19)36-31(40)35-21-6-7-23-29(14-21)44-32(37-23)38-30-22-15-27(42-4)28(16-24(22)33-18-34-30)43-17-20-9-11-39(2)12-10-20/h5-8,13-16,18,20H,9-12,17H2,1-4H3,(H2,35,36,40)(H,33,34,37,38). The molecule has 3 aromatic carbocycles. The van der Waals surface area contributed by atoms with E-state index in [0.29, 0.717) is 52.1 Å². The monoisotopic (exact) mass is 613 g/mol. The number of aryl methyl sites for hydroxylation is 1. The smallest absolute Gasteiger partial charge is 0.323 e. The molecule has 44 heavy (non-hydrogen) atoms. The van der Waals surface area contributed by atoms with E-state index in [1.54, 1.807) is 14.2 Å². The van der Waals surface area contributed by atoms with Crippen molar-refractivity contribution < 1.29 is 19.0 Å². The number of methoxy groups -OCH3 is 2. The highest BCUT2D eigenvalue weighted by molar-refractivity contribution is 7.22. The lowest BCUT2D eigenvalue weighted by Gasteiger charge is -2.28. The molecule has 0 radical (unpaired) electrons. The van der Waals surface area contributed by atoms with Crippen LogP contribution in [0.2, 0.25) is 0 Å². The predicted octanol–water partition coefficient (Wildman–Crippen LogP) is 6.67. The number of fused-ring (bicyclic) bond motifs is 2. The molecule has 1 fully saturated rings. The number of urea groups is 1. The number of rotatable bonds is 9. The molecule has 0 spiro atoms. The molecule has 1 aliphatic rings. The Labute approximate surface area is 259 Å². The van der Waals surface area contributed by atoms with Crippen LogP contribution in [-0.2, 0) is 0 Å². The number of anilines is 4. The van der Waals surface area contributed by atoms with Gasteiger partial charge in [0.15, 0.2) is 16.6 Å². The van der Waals surface area contributed by atoms with Gasteiger partial charge >= 0.3 is 6.03 Å². The van der Waals surface area contributed by atoms with Gasteiger partial charge in [-0.05, 0) is 87.8 Å². The maximum Gasteiger partial charge on any atom is 0.323 e. The molecule has 2 amide bonds. The largest absolute Gasteiger partial charge is 0.495 e. The first-order valence-electron chi connectivity index (χ1n) is 14.4. The Balaban J connectivity index is 1.17. The molecule has 0 aliphatic carbocycles. The average Bonchev–Trinajstić information content (AvgIpc) is 3.42. The van der Waals surface area contributed by atoms with Gasteiger partial charge in [-0.3, -0.25) is 0 Å². The van der Waals surface area contributed by atoms with Gasteiger partial charge in [-0.2, -0.15) is 0 Å². The Morgan fingerprint density at radius 1 is 0.955 bits per heavy atom. The van der Waals surface area contributed by atoms with Crippen molar-refractivity contribution in [2.75, 3.05) is 56.9 Å². The number of ether oxygens (including phenoxy) is 3. The second-order valence-electron chi connectivity index (χ2n) is 10.9. The third-order valence-electron chi connectivity index (χ3n) is 7.71. The fraction of sp³-hybridized carbons (Fsp3) is 0.312. The summed E-state index contributed by atoms with van der Waals surface area (Å²) in [7, 11) is 5.36. The van der Waals surface area contributed by atoms with Crippen molar-refractivity contribution in [1.29, 1.82) is 0 Å². The van der Waals surface area contributed by atoms with E-state index in [1.807, 2.05) is 55.5 Å². The van der Waals surface area contributed by atoms with Crippen LogP contribution in [-0.4, -0.2) is 66.8 Å². The fourth-order valence-electron chi connectivity index (χ4n) is 5.23. The molecule has 2 aromatic heterocycles. The van der Waals surface area contributed by atoms with Crippen molar-refractivity contribution in [3.63, 3.8) is 0 Å². The summed E-state index contributed by atoms with van der Waals surface area (Å²) < 4.78 is 18.2. The molecule has 3 N–H and O–H groups in total. The van der Waals surface area contributed by atoms with E-state index >= 15 is 0 Å². The molecule has 0 bridgehead atoms. The minimum Gasteiger partial charge on any atom is -0.495 e. The number of aromatic nitrogens is 3. The number of benzene rings is 3. The maximum atomic E-state index is 12.7. The maximum absolute atomic E-state index is 12.7. The number of piperidine rings is 1. The first-order valence-corrected chi connectivity index (χ1v) is 15.2. The number of carbonyl (C=O) groups is 1. The zero-order valence-electron chi connectivity index (χ0n) is 25.1. The Bertz CT molecular complexity index is 1800. The summed E-state index contributed by atoms with van der Waals surface area (Å²) in [6.07, 6.45) is 3.77. The van der Waals surface area contributed by atoms with Gasteiger partial charge in [-0.1, -0.05) is 17.4 Å². The summed E-state index contributed by atoms with van der Waals surface area (Å²) in [4.78, 5) is 28.8. The van der Waals surface area contributed by atoms with Gasteiger partial charge in [-0.25, -0.2) is 19.7 Å². The van der Waals surface area contributed by atoms with Gasteiger partial charge in [0, 0.05) is 17.1 Å². The molecule has 12 heteroatoms. The minimum absolute atomic E-state index is 0.368. The second kappa shape index (κ2) is 12.9. The number of carbonyl (C=O) groups excluding carboxylic acids is 1. The highest BCUT2D eigenvalue weighted by Gasteiger charge is 2.19. The Kier molecular flexibility index (Phi) is 8.62. The zero-order chi connectivity index (χ0) is 30.6. The van der Waals surface area contributed by atoms with E-state index in [-0.39, 0.29) is 6.03 Å². The lowest BCUT2D eigenvalue weighted by molar-refractivity contribution is 0.157. The Morgan fingerprint density at radius 3 is 2.57 bits per heavy atom. The first kappa shape index (κ1) is 29.4. The second-order valence-corrected chi connectivity index (χ2v) is 11.9. The number of nitrogens with zero attached hydrogens (tertiary/aromatic N) is 4. The van der Waals surface area contributed by atoms with E-state index in [2.05, 4.69) is 37.9 Å². The van der Waals surface area contributed by atoms with Crippen molar-refractivity contribution in [3.05, 3.63) is 60.4 Å². The summed E-state index contributed by atoms with van der Waals surface area (Å²) in [5.41, 5.74) is 3.79. The lowest BCUT2D eigenvalue weighted by atomic mass is 9.98. The van der Waals surface area contributed by atoms with Gasteiger partial charge in [0.25, 0.3) is 0 Å². The Morgan fingerprint density at radius 2 is 1.77 bits per heavy atom. The lowest BCUT2D eigenvalue weighted by Crippen LogP contribution is -2.32. The van der Waals surface area contributed by atoms with Crippen molar-refractivity contribution in [1.82, 2.24) is 19.9 Å². The van der Waals surface area contributed by atoms with Crippen LogP contribution in [0.15, 0.2) is 54.9 Å². The molecule has 3 heterocycles. The fourth-order valence-corrected chi connectivity index (χ4v) is 6.14. The number of likely N-dealkylation sites (tertiary alicyclic amines) is 1. The van der Waals surface area contributed by atoms with Crippen molar-refractivity contribution in [3.8, 4) is 17.2 Å². The summed E-state index contributed by atoms with van der Waals surface area (Å²) in [5.74, 6) is 3.03. The molecule has 0 unspecified atom stereocenters. The van der Waals surface area contributed by atoms with E-state index < -0.39 is 0 Å². The number of hydrogen-bond donors (Lipinski definition) is 3. The Hall–Kier alpha value is -4.68. The van der Waals surface area contributed by atoms with E-state index in [4.69, 9.17) is 19.2 Å². The number of nitrogens with one attached hydrogen (secondary N) is 3. The quantitative estimate of drug-likeness (QED) is 0.167. The third-order valence-corrected chi connectivity index (χ3v) is 8.64. The van der Waals surface area contributed by atoms with Gasteiger partial charge in [0.05, 0.1) is 42.2 Å². The molecule has 11 nitrogen and oxygen atoms in total. The molecule has 0 saturated carbocycles. The molecule has 6 rings (SSSR count). The zero-order valence-corrected chi connectivity index (χ0v) is 26.0. The van der Waals surface area contributed by atoms with E-state index in [0.717, 1.165) is 52.6 Å². The van der Waals surface area contributed by atoms with Gasteiger partial charge < -0.3 is 35.1 Å². The van der Waals surface area contributed by atoms with Crippen LogP contribution in [0.3, 0.4) is 0 Å². The third kappa shape index (κ3) is 6.61. The molecule has 1 saturated heterocycles. The van der Waals surface area contributed by atoms with Crippen molar-refractivity contribution in [2.24, 2.45) is 5.92 Å². The molecule has 1 aliphatic heterocycles. The van der Waals surface area contributed by atoms with Crippen LogP contribution in [0.4, 0.5) is 27.1 Å². The highest BCUT2D eigenvalue weighted by atomic mass is 32.1. The minimum atomic E-state index is -0.368. The van der Waals surface area contributed by atoms with Crippen LogP contribution in [0.25, 0.3) is 21.1 Å². The molecule has 0 atom stereocenters. The van der Waals surface area contributed by atoms with E-state index in [1.165, 1.54) is 17.7 Å². The predicted molar refractivity (Wildman–Crippen MR) is 175 cm³/mol. The van der Waals surface area contributed by atoms with Crippen LogP contribution >= 0.6 is 11.3 Å². The molecule has 228 valence electrons. The van der Waals surface area contributed by atoms with Crippen molar-refractivity contribution in [2.45, 2.75) is 19.8 Å². The summed E-state index contributed by atoms with van der Waals surface area (Å²) in [6.45, 7) is 4.79. The van der Waals surface area contributed by atoms with Crippen LogP contribution in [0.1, 0.15) is 18.4 Å². The van der Waals surface area contributed by atoms with Crippen molar-refractivity contribution >= 4 is 60.8 Å². The molecule has 5 aromatic rings. The van der Waals surface area contributed by atoms with Gasteiger partial charge in [-0.15, -0.1) is 0 Å². The van der Waals surface area contributed by atoms with E-state index in [9.17, 15) is 4.79 Å². The summed E-state index contributed by atoms with van der Waals surface area (Å²) >= 11 is 1.46. The van der Waals surface area contributed by atoms with Gasteiger partial charge in [0.1, 0.15) is 17.9 Å². The molecular weight excluding hydrogens is 578 g/mol. The van der Waals surface area contributed by atoms with Crippen LogP contribution < -0.4 is 30.2 Å². The number of thiazole rings is 1. The first-order chi connectivity index (χ1) is 21.4. The number of hydrogen-bond acceptors (Lipinski definition) is 10. The number of amides is 2. The van der Waals surface area contributed by atoms with Crippen LogP contribution in [0, 0.1) is 12.8 Å².